The zero-order chi connectivity index (χ0) is 15.8. The Morgan fingerprint density at radius 2 is 1.95 bits per heavy atom. The molecule has 0 unspecified atom stereocenters. The summed E-state index contributed by atoms with van der Waals surface area (Å²) in [6.07, 6.45) is 1.17. The standard InChI is InChI=1S/C14H18N2O4S/c1-15(2)9-12-8-11-7-10(14(17)20-3)5-6-13(11)16(12)21(4,18)19/h5-8H,9H2,1-4H3. The Hall–Kier alpha value is -1.86. The van der Waals surface area contributed by atoms with Crippen molar-refractivity contribution in [2.75, 3.05) is 27.5 Å². The van der Waals surface area contributed by atoms with Crippen molar-refractivity contribution in [3.8, 4) is 0 Å². The maximum Gasteiger partial charge on any atom is 0.337 e. The smallest absolute Gasteiger partial charge is 0.337 e. The molecule has 6 nitrogen and oxygen atoms in total. The molecule has 1 heterocycles. The number of methoxy groups -OCH3 is 1. The lowest BCUT2D eigenvalue weighted by molar-refractivity contribution is 0.0601. The Balaban J connectivity index is 2.70. The van der Waals surface area contributed by atoms with Crippen LogP contribution in [0.1, 0.15) is 16.1 Å². The van der Waals surface area contributed by atoms with Gasteiger partial charge < -0.3 is 9.64 Å². The molecule has 21 heavy (non-hydrogen) atoms. The first-order valence-electron chi connectivity index (χ1n) is 6.32. The van der Waals surface area contributed by atoms with E-state index >= 15 is 0 Å². The molecule has 0 spiro atoms. The van der Waals surface area contributed by atoms with Crippen molar-refractivity contribution in [2.24, 2.45) is 0 Å². The van der Waals surface area contributed by atoms with Crippen LogP contribution in [0, 0.1) is 0 Å². The van der Waals surface area contributed by atoms with Gasteiger partial charge in [0.1, 0.15) is 0 Å². The van der Waals surface area contributed by atoms with Crippen molar-refractivity contribution in [3.63, 3.8) is 0 Å². The molecule has 0 saturated heterocycles. The van der Waals surface area contributed by atoms with Crippen LogP contribution in [0.15, 0.2) is 24.3 Å². The first-order chi connectivity index (χ1) is 9.74. The van der Waals surface area contributed by atoms with Crippen LogP contribution in [0.2, 0.25) is 0 Å². The van der Waals surface area contributed by atoms with Gasteiger partial charge in [-0.3, -0.25) is 0 Å². The number of hydrogen-bond donors (Lipinski definition) is 0. The van der Waals surface area contributed by atoms with Crippen LogP contribution in [0.5, 0.6) is 0 Å². The molecule has 0 saturated carbocycles. The Morgan fingerprint density at radius 3 is 2.48 bits per heavy atom. The topological polar surface area (TPSA) is 68.6 Å². The van der Waals surface area contributed by atoms with Gasteiger partial charge in [-0.15, -0.1) is 0 Å². The van der Waals surface area contributed by atoms with Crippen molar-refractivity contribution in [3.05, 3.63) is 35.5 Å². The molecular formula is C14H18N2O4S. The van der Waals surface area contributed by atoms with Crippen molar-refractivity contribution in [2.45, 2.75) is 6.54 Å². The summed E-state index contributed by atoms with van der Waals surface area (Å²) in [6.45, 7) is 0.481. The number of carbonyl (C=O) groups is 1. The average molecular weight is 310 g/mol. The highest BCUT2D eigenvalue weighted by Gasteiger charge is 2.18. The van der Waals surface area contributed by atoms with Crippen LogP contribution in [0.4, 0.5) is 0 Å². The van der Waals surface area contributed by atoms with E-state index in [-0.39, 0.29) is 0 Å². The average Bonchev–Trinajstić information content (AvgIpc) is 2.73. The summed E-state index contributed by atoms with van der Waals surface area (Å²) in [5.41, 5.74) is 1.61. The van der Waals surface area contributed by atoms with E-state index in [2.05, 4.69) is 4.74 Å². The lowest BCUT2D eigenvalue weighted by Crippen LogP contribution is -2.18. The predicted molar refractivity (Wildman–Crippen MR) is 80.9 cm³/mol. The number of fused-ring (bicyclic) bond motifs is 1. The van der Waals surface area contributed by atoms with E-state index in [1.165, 1.54) is 17.3 Å². The van der Waals surface area contributed by atoms with E-state index in [0.29, 0.717) is 28.7 Å². The number of esters is 1. The Morgan fingerprint density at radius 1 is 1.29 bits per heavy atom. The minimum absolute atomic E-state index is 0.395. The number of carbonyl (C=O) groups excluding carboxylic acids is 1. The largest absolute Gasteiger partial charge is 0.465 e. The highest BCUT2D eigenvalue weighted by molar-refractivity contribution is 7.89. The number of hydrogen-bond acceptors (Lipinski definition) is 5. The molecule has 114 valence electrons. The molecule has 0 amide bonds. The van der Waals surface area contributed by atoms with Gasteiger partial charge in [0.15, 0.2) is 0 Å². The fourth-order valence-electron chi connectivity index (χ4n) is 2.32. The number of benzene rings is 1. The van der Waals surface area contributed by atoms with Crippen LogP contribution in [-0.4, -0.2) is 50.7 Å². The summed E-state index contributed by atoms with van der Waals surface area (Å²) < 4.78 is 30.1. The Kier molecular flexibility index (Phi) is 4.06. The third kappa shape index (κ3) is 3.08. The van der Waals surface area contributed by atoms with Gasteiger partial charge in [0.2, 0.25) is 10.0 Å². The third-order valence-corrected chi connectivity index (χ3v) is 4.15. The van der Waals surface area contributed by atoms with Gasteiger partial charge >= 0.3 is 5.97 Å². The Bertz CT molecular complexity index is 791. The molecule has 1 aromatic heterocycles. The van der Waals surface area contributed by atoms with Crippen molar-refractivity contribution < 1.29 is 17.9 Å². The first-order valence-corrected chi connectivity index (χ1v) is 8.17. The van der Waals surface area contributed by atoms with E-state index in [9.17, 15) is 13.2 Å². The molecule has 7 heteroatoms. The second-order valence-corrected chi connectivity index (χ2v) is 7.00. The van der Waals surface area contributed by atoms with Gasteiger partial charge in [-0.1, -0.05) is 0 Å². The SMILES string of the molecule is COC(=O)c1ccc2c(c1)cc(CN(C)C)n2S(C)(=O)=O. The highest BCUT2D eigenvalue weighted by Crippen LogP contribution is 2.24. The quantitative estimate of drug-likeness (QED) is 0.796. The molecule has 1 aromatic carbocycles. The molecule has 0 radical (unpaired) electrons. The molecule has 2 rings (SSSR count). The zero-order valence-electron chi connectivity index (χ0n) is 12.5. The molecule has 2 aromatic rings. The van der Waals surface area contributed by atoms with Gasteiger partial charge in [-0.2, -0.15) is 0 Å². The maximum atomic E-state index is 12.0. The van der Waals surface area contributed by atoms with Crippen molar-refractivity contribution in [1.29, 1.82) is 0 Å². The molecule has 0 fully saturated rings. The van der Waals surface area contributed by atoms with E-state index in [1.54, 1.807) is 24.3 Å². The van der Waals surface area contributed by atoms with Gasteiger partial charge in [-0.05, 0) is 38.4 Å². The van der Waals surface area contributed by atoms with Crippen molar-refractivity contribution in [1.82, 2.24) is 8.87 Å². The predicted octanol–water partition coefficient (Wildman–Crippen LogP) is 1.30. The number of nitrogens with zero attached hydrogens (tertiary/aromatic N) is 2. The van der Waals surface area contributed by atoms with Crippen LogP contribution in [0.3, 0.4) is 0 Å². The minimum atomic E-state index is -3.43. The molecule has 0 bridgehead atoms. The van der Waals surface area contributed by atoms with Gasteiger partial charge in [0.05, 0.1) is 24.4 Å². The third-order valence-electron chi connectivity index (χ3n) is 3.06. The van der Waals surface area contributed by atoms with Crippen LogP contribution in [0.25, 0.3) is 10.9 Å². The zero-order valence-corrected chi connectivity index (χ0v) is 13.3. The number of ether oxygens (including phenoxy) is 1. The summed E-state index contributed by atoms with van der Waals surface area (Å²) in [5.74, 6) is -0.446. The van der Waals surface area contributed by atoms with Gasteiger partial charge in [0, 0.05) is 17.6 Å². The van der Waals surface area contributed by atoms with E-state index in [4.69, 9.17) is 0 Å². The maximum absolute atomic E-state index is 12.0. The Labute approximate surface area is 124 Å². The molecule has 0 aliphatic carbocycles. The minimum Gasteiger partial charge on any atom is -0.465 e. The monoisotopic (exact) mass is 310 g/mol. The summed E-state index contributed by atoms with van der Waals surface area (Å²) in [4.78, 5) is 13.5. The van der Waals surface area contributed by atoms with Gasteiger partial charge in [0.25, 0.3) is 0 Å². The second kappa shape index (κ2) is 5.50. The van der Waals surface area contributed by atoms with Crippen LogP contribution in [-0.2, 0) is 21.3 Å². The molecular weight excluding hydrogens is 292 g/mol. The summed E-state index contributed by atoms with van der Waals surface area (Å²) >= 11 is 0. The second-order valence-electron chi connectivity index (χ2n) is 5.17. The van der Waals surface area contributed by atoms with Crippen molar-refractivity contribution >= 4 is 26.9 Å². The first kappa shape index (κ1) is 15.5. The molecule has 0 N–H and O–H groups in total. The fraction of sp³-hybridized carbons (Fsp3) is 0.357. The van der Waals surface area contributed by atoms with Crippen LogP contribution < -0.4 is 0 Å². The lowest BCUT2D eigenvalue weighted by Gasteiger charge is -2.12. The lowest BCUT2D eigenvalue weighted by atomic mass is 10.1. The fourth-order valence-corrected chi connectivity index (χ4v) is 3.38. The van der Waals surface area contributed by atoms with Crippen LogP contribution >= 0.6 is 0 Å². The van der Waals surface area contributed by atoms with E-state index < -0.39 is 16.0 Å². The summed E-state index contributed by atoms with van der Waals surface area (Å²) in [5, 5.41) is 0.695. The summed E-state index contributed by atoms with van der Waals surface area (Å²) in [6, 6.07) is 6.61. The van der Waals surface area contributed by atoms with Gasteiger partial charge in [-0.25, -0.2) is 17.2 Å². The van der Waals surface area contributed by atoms with E-state index in [1.807, 2.05) is 19.0 Å². The molecule has 0 aliphatic rings. The number of aromatic nitrogens is 1. The highest BCUT2D eigenvalue weighted by atomic mass is 32.2. The molecule has 0 atom stereocenters. The summed E-state index contributed by atoms with van der Waals surface area (Å²) in [7, 11) is 1.61. The normalized spacial score (nSPS) is 12.0. The van der Waals surface area contributed by atoms with E-state index in [0.717, 1.165) is 0 Å². The molecule has 0 aliphatic heterocycles. The number of rotatable bonds is 4.